The molecule has 2 amide bonds. The fraction of sp³-hybridized carbons (Fsp3) is 0.588. The van der Waals surface area contributed by atoms with Gasteiger partial charge in [0.15, 0.2) is 0 Å². The molecule has 1 aliphatic heterocycles. The van der Waals surface area contributed by atoms with Crippen molar-refractivity contribution in [1.82, 2.24) is 10.2 Å². The first kappa shape index (κ1) is 16.6. The molecule has 0 saturated carbocycles. The van der Waals surface area contributed by atoms with Crippen LogP contribution in [-0.2, 0) is 0 Å². The van der Waals surface area contributed by atoms with Gasteiger partial charge < -0.3 is 20.2 Å². The Balaban J connectivity index is 1.60. The Morgan fingerprint density at radius 1 is 1.36 bits per heavy atom. The van der Waals surface area contributed by atoms with Crippen molar-refractivity contribution < 1.29 is 9.90 Å². The molecule has 1 aromatic carbocycles. The first-order chi connectivity index (χ1) is 10.7. The Labute approximate surface area is 132 Å². The average Bonchev–Trinajstić information content (AvgIpc) is 3.03. The number of para-hydroxylation sites is 1. The third-order valence-corrected chi connectivity index (χ3v) is 4.24. The molecule has 1 fully saturated rings. The minimum Gasteiger partial charge on any atom is -0.394 e. The predicted molar refractivity (Wildman–Crippen MR) is 89.2 cm³/mol. The SMILES string of the molecule is CN(CCCCNC(=O)N1CCC[C@H]1CO)c1ccccc1. The zero-order valence-corrected chi connectivity index (χ0v) is 13.4. The summed E-state index contributed by atoms with van der Waals surface area (Å²) >= 11 is 0. The fourth-order valence-corrected chi connectivity index (χ4v) is 2.88. The van der Waals surface area contributed by atoms with Gasteiger partial charge in [-0.05, 0) is 37.8 Å². The smallest absolute Gasteiger partial charge is 0.317 e. The van der Waals surface area contributed by atoms with E-state index in [0.29, 0.717) is 6.54 Å². The van der Waals surface area contributed by atoms with Gasteiger partial charge in [-0.1, -0.05) is 18.2 Å². The minimum absolute atomic E-state index is 0.00390. The van der Waals surface area contributed by atoms with E-state index in [4.69, 9.17) is 0 Å². The van der Waals surface area contributed by atoms with Gasteiger partial charge in [0.1, 0.15) is 0 Å². The van der Waals surface area contributed by atoms with E-state index in [2.05, 4.69) is 29.4 Å². The third kappa shape index (κ3) is 4.63. The number of hydrogen-bond donors (Lipinski definition) is 2. The number of amides is 2. The molecular weight excluding hydrogens is 278 g/mol. The van der Waals surface area contributed by atoms with Crippen molar-refractivity contribution in [2.24, 2.45) is 0 Å². The summed E-state index contributed by atoms with van der Waals surface area (Å²) in [6.07, 6.45) is 3.89. The van der Waals surface area contributed by atoms with Crippen molar-refractivity contribution in [3.05, 3.63) is 30.3 Å². The molecule has 1 aromatic rings. The first-order valence-corrected chi connectivity index (χ1v) is 8.14. The number of anilines is 1. The number of carbonyl (C=O) groups is 1. The van der Waals surface area contributed by atoms with E-state index in [9.17, 15) is 9.90 Å². The van der Waals surface area contributed by atoms with E-state index in [1.165, 1.54) is 5.69 Å². The third-order valence-electron chi connectivity index (χ3n) is 4.24. The first-order valence-electron chi connectivity index (χ1n) is 8.14. The summed E-state index contributed by atoms with van der Waals surface area (Å²) in [4.78, 5) is 16.0. The Hall–Kier alpha value is -1.75. The van der Waals surface area contributed by atoms with E-state index in [-0.39, 0.29) is 18.7 Å². The van der Waals surface area contributed by atoms with Crippen molar-refractivity contribution in [3.8, 4) is 0 Å². The van der Waals surface area contributed by atoms with Crippen molar-refractivity contribution in [3.63, 3.8) is 0 Å². The van der Waals surface area contributed by atoms with Crippen LogP contribution < -0.4 is 10.2 Å². The van der Waals surface area contributed by atoms with Crippen molar-refractivity contribution >= 4 is 11.7 Å². The lowest BCUT2D eigenvalue weighted by Crippen LogP contribution is -2.44. The van der Waals surface area contributed by atoms with E-state index < -0.39 is 0 Å². The molecule has 1 aliphatic rings. The summed E-state index contributed by atoms with van der Waals surface area (Å²) in [5.74, 6) is 0. The molecule has 0 aliphatic carbocycles. The number of nitrogens with zero attached hydrogens (tertiary/aromatic N) is 2. The van der Waals surface area contributed by atoms with Crippen LogP contribution in [0.3, 0.4) is 0 Å². The normalized spacial score (nSPS) is 17.5. The van der Waals surface area contributed by atoms with Crippen LogP contribution in [0.2, 0.25) is 0 Å². The largest absolute Gasteiger partial charge is 0.394 e. The second kappa shape index (κ2) is 8.63. The van der Waals surface area contributed by atoms with Crippen LogP contribution >= 0.6 is 0 Å². The Kier molecular flexibility index (Phi) is 6.52. The highest BCUT2D eigenvalue weighted by Gasteiger charge is 2.27. The molecule has 5 nitrogen and oxygen atoms in total. The van der Waals surface area contributed by atoms with Gasteiger partial charge in [-0.15, -0.1) is 0 Å². The molecule has 0 radical (unpaired) electrons. The molecular formula is C17H27N3O2. The van der Waals surface area contributed by atoms with Gasteiger partial charge in [-0.2, -0.15) is 0 Å². The van der Waals surface area contributed by atoms with Crippen LogP contribution in [-0.4, -0.2) is 55.4 Å². The van der Waals surface area contributed by atoms with Gasteiger partial charge in [-0.25, -0.2) is 4.79 Å². The topological polar surface area (TPSA) is 55.8 Å². The van der Waals surface area contributed by atoms with Crippen molar-refractivity contribution in [1.29, 1.82) is 0 Å². The second-order valence-corrected chi connectivity index (χ2v) is 5.87. The molecule has 1 saturated heterocycles. The molecule has 1 atom stereocenters. The standard InChI is InChI=1S/C17H27N3O2/c1-19(15-8-3-2-4-9-15)12-6-5-11-18-17(22)20-13-7-10-16(20)14-21/h2-4,8-9,16,21H,5-7,10-14H2,1H3,(H,18,22)/t16-/m0/s1. The Morgan fingerprint density at radius 2 is 2.14 bits per heavy atom. The summed E-state index contributed by atoms with van der Waals surface area (Å²) in [6.45, 7) is 2.49. The van der Waals surface area contributed by atoms with Gasteiger partial charge in [-0.3, -0.25) is 0 Å². The molecule has 5 heteroatoms. The van der Waals surface area contributed by atoms with Crippen LogP contribution in [0, 0.1) is 0 Å². The summed E-state index contributed by atoms with van der Waals surface area (Å²) in [5.41, 5.74) is 1.22. The number of hydrogen-bond acceptors (Lipinski definition) is 3. The highest BCUT2D eigenvalue weighted by molar-refractivity contribution is 5.74. The van der Waals surface area contributed by atoms with Crippen LogP contribution in [0.4, 0.5) is 10.5 Å². The summed E-state index contributed by atoms with van der Waals surface area (Å²) in [7, 11) is 2.09. The molecule has 0 spiro atoms. The predicted octanol–water partition coefficient (Wildman–Crippen LogP) is 2.07. The molecule has 2 rings (SSSR count). The van der Waals surface area contributed by atoms with Crippen molar-refractivity contribution in [2.75, 3.05) is 38.2 Å². The number of benzene rings is 1. The van der Waals surface area contributed by atoms with E-state index >= 15 is 0 Å². The molecule has 0 aromatic heterocycles. The number of rotatable bonds is 7. The van der Waals surface area contributed by atoms with Gasteiger partial charge in [0.2, 0.25) is 0 Å². The zero-order valence-electron chi connectivity index (χ0n) is 13.4. The molecule has 1 heterocycles. The lowest BCUT2D eigenvalue weighted by molar-refractivity contribution is 0.157. The van der Waals surface area contributed by atoms with E-state index in [1.54, 1.807) is 4.90 Å². The fourth-order valence-electron chi connectivity index (χ4n) is 2.88. The number of nitrogens with one attached hydrogen (secondary N) is 1. The average molecular weight is 305 g/mol. The number of aliphatic hydroxyl groups excluding tert-OH is 1. The van der Waals surface area contributed by atoms with E-state index in [1.807, 2.05) is 18.2 Å². The minimum atomic E-state index is -0.0343. The highest BCUT2D eigenvalue weighted by Crippen LogP contribution is 2.16. The molecule has 2 N–H and O–H groups in total. The molecule has 122 valence electrons. The summed E-state index contributed by atoms with van der Waals surface area (Å²) in [5, 5.41) is 12.2. The number of aliphatic hydroxyl groups is 1. The highest BCUT2D eigenvalue weighted by atomic mass is 16.3. The van der Waals surface area contributed by atoms with Crippen molar-refractivity contribution in [2.45, 2.75) is 31.7 Å². The number of carbonyl (C=O) groups excluding carboxylic acids is 1. The van der Waals surface area contributed by atoms with Crippen LogP contribution in [0.15, 0.2) is 30.3 Å². The zero-order chi connectivity index (χ0) is 15.8. The summed E-state index contributed by atoms with van der Waals surface area (Å²) < 4.78 is 0. The number of unbranched alkanes of at least 4 members (excludes halogenated alkanes) is 1. The number of likely N-dealkylation sites (tertiary alicyclic amines) is 1. The molecule has 22 heavy (non-hydrogen) atoms. The Bertz CT molecular complexity index is 452. The van der Waals surface area contributed by atoms with Crippen LogP contribution in [0.1, 0.15) is 25.7 Å². The maximum Gasteiger partial charge on any atom is 0.317 e. The molecule has 0 unspecified atom stereocenters. The van der Waals surface area contributed by atoms with E-state index in [0.717, 1.165) is 38.8 Å². The Morgan fingerprint density at radius 3 is 2.86 bits per heavy atom. The van der Waals surface area contributed by atoms with Gasteiger partial charge in [0.25, 0.3) is 0 Å². The maximum absolute atomic E-state index is 12.0. The van der Waals surface area contributed by atoms with Gasteiger partial charge in [0.05, 0.1) is 12.6 Å². The van der Waals surface area contributed by atoms with Crippen LogP contribution in [0.5, 0.6) is 0 Å². The monoisotopic (exact) mass is 305 g/mol. The van der Waals surface area contributed by atoms with Gasteiger partial charge >= 0.3 is 6.03 Å². The lowest BCUT2D eigenvalue weighted by atomic mass is 10.2. The number of urea groups is 1. The quantitative estimate of drug-likeness (QED) is 0.758. The van der Waals surface area contributed by atoms with Crippen LogP contribution in [0.25, 0.3) is 0 Å². The second-order valence-electron chi connectivity index (χ2n) is 5.87. The summed E-state index contributed by atoms with van der Waals surface area (Å²) in [6, 6.07) is 10.3. The maximum atomic E-state index is 12.0. The van der Waals surface area contributed by atoms with Gasteiger partial charge in [0, 0.05) is 32.4 Å². The lowest BCUT2D eigenvalue weighted by Gasteiger charge is -2.23. The molecule has 0 bridgehead atoms.